The van der Waals surface area contributed by atoms with E-state index in [1.165, 1.54) is 0 Å². The summed E-state index contributed by atoms with van der Waals surface area (Å²) in [7, 11) is 0. The Balaban J connectivity index is 4.67. The van der Waals surface area contributed by atoms with E-state index in [0.29, 0.717) is 38.8 Å². The molecule has 29 heavy (non-hydrogen) atoms. The number of carboxylic acids is 1. The third-order valence-corrected chi connectivity index (χ3v) is 4.12. The van der Waals surface area contributed by atoms with Gasteiger partial charge in [0.15, 0.2) is 0 Å². The Morgan fingerprint density at radius 1 is 0.828 bits per heavy atom. The van der Waals surface area contributed by atoms with Crippen molar-refractivity contribution in [1.82, 2.24) is 16.0 Å². The second kappa shape index (κ2) is 15.6. The fourth-order valence-electron chi connectivity index (χ4n) is 2.40. The molecule has 12 heteroatoms. The largest absolute Gasteiger partial charge is 0.480 e. The van der Waals surface area contributed by atoms with E-state index in [4.69, 9.17) is 27.4 Å². The first-order valence-corrected chi connectivity index (χ1v) is 9.63. The van der Waals surface area contributed by atoms with E-state index in [-0.39, 0.29) is 13.0 Å². The monoisotopic (exact) mass is 418 g/mol. The summed E-state index contributed by atoms with van der Waals surface area (Å²) < 4.78 is 0. The lowest BCUT2D eigenvalue weighted by molar-refractivity contribution is -0.143. The molecule has 0 aliphatic heterocycles. The minimum absolute atomic E-state index is 0.221. The number of nitrogens with two attached hydrogens (primary N) is 3. The van der Waals surface area contributed by atoms with Gasteiger partial charge in [0.05, 0.1) is 19.2 Å². The Bertz CT molecular complexity index is 533. The maximum atomic E-state index is 12.3. The van der Waals surface area contributed by atoms with E-state index in [0.717, 1.165) is 6.42 Å². The first-order valence-electron chi connectivity index (χ1n) is 9.63. The molecule has 3 amide bonds. The van der Waals surface area contributed by atoms with Gasteiger partial charge < -0.3 is 43.4 Å². The molecule has 0 aliphatic carbocycles. The topological polar surface area (TPSA) is 223 Å². The molecule has 0 saturated carbocycles. The molecule has 0 rings (SSSR count). The van der Waals surface area contributed by atoms with Gasteiger partial charge in [0.1, 0.15) is 12.1 Å². The molecular weight excluding hydrogens is 384 g/mol. The Labute approximate surface area is 169 Å². The molecule has 0 saturated heterocycles. The second-order valence-corrected chi connectivity index (χ2v) is 6.60. The summed E-state index contributed by atoms with van der Waals surface area (Å²) in [5.41, 5.74) is 16.5. The van der Waals surface area contributed by atoms with Gasteiger partial charge in [-0.05, 0) is 45.2 Å². The quantitative estimate of drug-likeness (QED) is 0.118. The zero-order valence-electron chi connectivity index (χ0n) is 16.6. The maximum Gasteiger partial charge on any atom is 0.328 e. The standard InChI is InChI=1S/C17H34N6O6/c18-7-3-1-5-11(20)15(26)21-9-14(25)22-12(6-2-4-8-19)16(27)23-13(10-24)17(28)29/h11-13,24H,1-10,18-20H2,(H,21,26)(H,22,25)(H,23,27)(H,28,29)/t11-,12-,13-/m0/s1. The van der Waals surface area contributed by atoms with Crippen molar-refractivity contribution in [1.29, 1.82) is 0 Å². The van der Waals surface area contributed by atoms with Gasteiger partial charge in [0.25, 0.3) is 0 Å². The lowest BCUT2D eigenvalue weighted by Crippen LogP contribution is -2.54. The van der Waals surface area contributed by atoms with Crippen LogP contribution >= 0.6 is 0 Å². The Morgan fingerprint density at radius 3 is 1.93 bits per heavy atom. The van der Waals surface area contributed by atoms with Crippen molar-refractivity contribution < 1.29 is 29.4 Å². The van der Waals surface area contributed by atoms with Crippen LogP contribution in [0.5, 0.6) is 0 Å². The number of nitrogens with one attached hydrogen (secondary N) is 3. The van der Waals surface area contributed by atoms with Crippen LogP contribution in [0.15, 0.2) is 0 Å². The molecule has 0 radical (unpaired) electrons. The molecule has 0 aromatic carbocycles. The number of carboxylic acid groups (broad SMARTS) is 1. The van der Waals surface area contributed by atoms with Crippen molar-refractivity contribution in [2.24, 2.45) is 17.2 Å². The molecule has 11 N–H and O–H groups in total. The Kier molecular flexibility index (Phi) is 14.4. The van der Waals surface area contributed by atoms with Gasteiger partial charge in [-0.2, -0.15) is 0 Å². The highest BCUT2D eigenvalue weighted by molar-refractivity contribution is 5.92. The lowest BCUT2D eigenvalue weighted by atomic mass is 10.1. The van der Waals surface area contributed by atoms with Crippen LogP contribution < -0.4 is 33.2 Å². The summed E-state index contributed by atoms with van der Waals surface area (Å²) in [6, 6.07) is -3.28. The minimum atomic E-state index is -1.48. The van der Waals surface area contributed by atoms with Crippen LogP contribution in [0.2, 0.25) is 0 Å². The second-order valence-electron chi connectivity index (χ2n) is 6.60. The summed E-state index contributed by atoms with van der Waals surface area (Å²) in [4.78, 5) is 47.3. The van der Waals surface area contributed by atoms with E-state index in [1.807, 2.05) is 0 Å². The summed E-state index contributed by atoms with van der Waals surface area (Å²) in [5.74, 6) is -3.27. The number of unbranched alkanes of at least 4 members (excludes halogenated alkanes) is 2. The van der Waals surface area contributed by atoms with Crippen LogP contribution in [0.3, 0.4) is 0 Å². The summed E-state index contributed by atoms with van der Waals surface area (Å²) in [6.07, 6.45) is 3.22. The number of rotatable bonds is 16. The number of amides is 3. The number of aliphatic hydroxyl groups excluding tert-OH is 1. The molecular formula is C17H34N6O6. The van der Waals surface area contributed by atoms with Crippen LogP contribution in [-0.2, 0) is 19.2 Å². The fraction of sp³-hybridized carbons (Fsp3) is 0.765. The van der Waals surface area contributed by atoms with Crippen LogP contribution in [0, 0.1) is 0 Å². The summed E-state index contributed by atoms with van der Waals surface area (Å²) in [6.45, 7) is -0.271. The number of hydrogen-bond acceptors (Lipinski definition) is 8. The molecule has 0 unspecified atom stereocenters. The van der Waals surface area contributed by atoms with Gasteiger partial charge in [-0.15, -0.1) is 0 Å². The third-order valence-electron chi connectivity index (χ3n) is 4.12. The van der Waals surface area contributed by atoms with Crippen molar-refractivity contribution in [3.8, 4) is 0 Å². The number of hydrogen-bond donors (Lipinski definition) is 8. The van der Waals surface area contributed by atoms with Gasteiger partial charge in [-0.25, -0.2) is 4.79 Å². The summed E-state index contributed by atoms with van der Waals surface area (Å²) in [5, 5.41) is 25.0. The number of aliphatic hydroxyl groups is 1. The summed E-state index contributed by atoms with van der Waals surface area (Å²) >= 11 is 0. The number of carbonyl (C=O) groups excluding carboxylic acids is 3. The van der Waals surface area contributed by atoms with Crippen molar-refractivity contribution in [3.63, 3.8) is 0 Å². The average Bonchev–Trinajstić information content (AvgIpc) is 2.69. The van der Waals surface area contributed by atoms with E-state index in [1.54, 1.807) is 0 Å². The molecule has 0 aromatic rings. The van der Waals surface area contributed by atoms with Gasteiger partial charge in [-0.1, -0.05) is 6.42 Å². The SMILES string of the molecule is NCCCC[C@H](NC(=O)CNC(=O)[C@@H](N)CCCCN)C(=O)N[C@@H](CO)C(=O)O. The Hall–Kier alpha value is -2.28. The van der Waals surface area contributed by atoms with Gasteiger partial charge >= 0.3 is 5.97 Å². The first kappa shape index (κ1) is 26.7. The van der Waals surface area contributed by atoms with Crippen molar-refractivity contribution in [2.45, 2.75) is 56.7 Å². The number of aliphatic carboxylic acids is 1. The zero-order chi connectivity index (χ0) is 22.2. The molecule has 12 nitrogen and oxygen atoms in total. The molecule has 0 aromatic heterocycles. The van der Waals surface area contributed by atoms with Crippen LogP contribution in [0.25, 0.3) is 0 Å². The van der Waals surface area contributed by atoms with Crippen molar-refractivity contribution in [2.75, 3.05) is 26.2 Å². The zero-order valence-corrected chi connectivity index (χ0v) is 16.6. The fourth-order valence-corrected chi connectivity index (χ4v) is 2.40. The third kappa shape index (κ3) is 12.0. The predicted octanol–water partition coefficient (Wildman–Crippen LogP) is -3.27. The average molecular weight is 418 g/mol. The first-order chi connectivity index (χ1) is 13.8. The molecule has 0 fully saturated rings. The molecule has 0 bridgehead atoms. The minimum Gasteiger partial charge on any atom is -0.480 e. The molecule has 168 valence electrons. The molecule has 3 atom stereocenters. The van der Waals surface area contributed by atoms with E-state index < -0.39 is 48.4 Å². The molecule has 0 aliphatic rings. The highest BCUT2D eigenvalue weighted by Crippen LogP contribution is 2.02. The van der Waals surface area contributed by atoms with Crippen LogP contribution in [-0.4, -0.2) is 78.3 Å². The molecule has 0 spiro atoms. The van der Waals surface area contributed by atoms with Crippen LogP contribution in [0.4, 0.5) is 0 Å². The lowest BCUT2D eigenvalue weighted by Gasteiger charge is -2.21. The van der Waals surface area contributed by atoms with Crippen LogP contribution in [0.1, 0.15) is 38.5 Å². The highest BCUT2D eigenvalue weighted by atomic mass is 16.4. The van der Waals surface area contributed by atoms with E-state index in [9.17, 15) is 19.2 Å². The highest BCUT2D eigenvalue weighted by Gasteiger charge is 2.26. The smallest absolute Gasteiger partial charge is 0.328 e. The predicted molar refractivity (Wildman–Crippen MR) is 105 cm³/mol. The van der Waals surface area contributed by atoms with Crippen molar-refractivity contribution in [3.05, 3.63) is 0 Å². The van der Waals surface area contributed by atoms with Crippen molar-refractivity contribution >= 4 is 23.7 Å². The Morgan fingerprint density at radius 2 is 1.41 bits per heavy atom. The van der Waals surface area contributed by atoms with E-state index in [2.05, 4.69) is 16.0 Å². The van der Waals surface area contributed by atoms with Gasteiger partial charge in [0, 0.05) is 0 Å². The molecule has 0 heterocycles. The maximum absolute atomic E-state index is 12.3. The number of carbonyl (C=O) groups is 4. The van der Waals surface area contributed by atoms with E-state index >= 15 is 0 Å². The normalized spacial score (nSPS) is 13.8. The van der Waals surface area contributed by atoms with Gasteiger partial charge in [0.2, 0.25) is 17.7 Å². The van der Waals surface area contributed by atoms with Gasteiger partial charge in [-0.3, -0.25) is 14.4 Å².